The zero-order valence-corrected chi connectivity index (χ0v) is 19.7. The van der Waals surface area contributed by atoms with Crippen LogP contribution in [0.4, 0.5) is 4.39 Å². The summed E-state index contributed by atoms with van der Waals surface area (Å²) in [5.41, 5.74) is 1.27. The smallest absolute Gasteiger partial charge is 0.262 e. The molecule has 3 aromatic rings. The van der Waals surface area contributed by atoms with Crippen LogP contribution in [0.5, 0.6) is 0 Å². The van der Waals surface area contributed by atoms with E-state index in [4.69, 9.17) is 9.72 Å². The molecular formula is C25H28FN3O3S. The van der Waals surface area contributed by atoms with E-state index in [9.17, 15) is 14.0 Å². The third kappa shape index (κ3) is 5.62. The van der Waals surface area contributed by atoms with Crippen molar-refractivity contribution < 1.29 is 13.9 Å². The maximum absolute atomic E-state index is 14.2. The van der Waals surface area contributed by atoms with E-state index in [1.165, 1.54) is 17.8 Å². The van der Waals surface area contributed by atoms with Crippen molar-refractivity contribution in [2.75, 3.05) is 13.2 Å². The van der Waals surface area contributed by atoms with Gasteiger partial charge in [0.1, 0.15) is 5.82 Å². The first-order valence-corrected chi connectivity index (χ1v) is 12.2. The molecule has 1 atom stereocenters. The highest BCUT2D eigenvalue weighted by Crippen LogP contribution is 2.25. The molecule has 0 bridgehead atoms. The molecule has 2 aromatic carbocycles. The SMILES string of the molecule is CC(C)CNC(=O)c1ccc2c(=O)n(C[C@H]3CCCO3)c(SCc3ccccc3F)nc2c1. The summed E-state index contributed by atoms with van der Waals surface area (Å²) >= 11 is 1.31. The van der Waals surface area contributed by atoms with E-state index in [0.29, 0.717) is 58.6 Å². The zero-order valence-electron chi connectivity index (χ0n) is 18.8. The molecule has 0 radical (unpaired) electrons. The monoisotopic (exact) mass is 469 g/mol. The molecule has 0 saturated carbocycles. The average molecular weight is 470 g/mol. The molecule has 2 heterocycles. The lowest BCUT2D eigenvalue weighted by molar-refractivity contribution is 0.0937. The highest BCUT2D eigenvalue weighted by molar-refractivity contribution is 7.98. The second-order valence-corrected chi connectivity index (χ2v) is 9.60. The number of rotatable bonds is 8. The third-order valence-electron chi connectivity index (χ3n) is 5.58. The Bertz CT molecular complexity index is 1210. The highest BCUT2D eigenvalue weighted by Gasteiger charge is 2.21. The Balaban J connectivity index is 1.69. The maximum Gasteiger partial charge on any atom is 0.262 e. The standard InChI is InChI=1S/C25H28FN3O3S/c1-16(2)13-27-23(30)17-9-10-20-22(12-17)28-25(33-15-18-6-3-4-8-21(18)26)29(24(20)31)14-19-7-5-11-32-19/h3-4,6,8-10,12,16,19H,5,7,11,13-15H2,1-2H3,(H,27,30)/t19-/m1/s1. The molecule has 0 unspecified atom stereocenters. The van der Waals surface area contributed by atoms with Crippen LogP contribution in [0.3, 0.4) is 0 Å². The second kappa shape index (κ2) is 10.5. The minimum absolute atomic E-state index is 0.0455. The van der Waals surface area contributed by atoms with Gasteiger partial charge in [-0.25, -0.2) is 9.37 Å². The van der Waals surface area contributed by atoms with Crippen molar-refractivity contribution in [1.82, 2.24) is 14.9 Å². The van der Waals surface area contributed by atoms with Gasteiger partial charge in [-0.3, -0.25) is 14.2 Å². The predicted molar refractivity (Wildman–Crippen MR) is 128 cm³/mol. The van der Waals surface area contributed by atoms with Gasteiger partial charge in [-0.15, -0.1) is 0 Å². The van der Waals surface area contributed by atoms with Crippen molar-refractivity contribution >= 4 is 28.6 Å². The number of nitrogens with zero attached hydrogens (tertiary/aromatic N) is 2. The first-order valence-electron chi connectivity index (χ1n) is 11.2. The molecule has 0 aliphatic carbocycles. The Labute approximate surface area is 196 Å². The van der Waals surface area contributed by atoms with Gasteiger partial charge in [0, 0.05) is 24.5 Å². The van der Waals surface area contributed by atoms with E-state index < -0.39 is 0 Å². The van der Waals surface area contributed by atoms with Crippen molar-refractivity contribution in [3.05, 3.63) is 69.8 Å². The van der Waals surface area contributed by atoms with Crippen LogP contribution in [0.2, 0.25) is 0 Å². The van der Waals surface area contributed by atoms with Gasteiger partial charge in [-0.05, 0) is 48.6 Å². The summed E-state index contributed by atoms with van der Waals surface area (Å²) in [6, 6.07) is 11.5. The first kappa shape index (κ1) is 23.4. The van der Waals surface area contributed by atoms with Gasteiger partial charge >= 0.3 is 0 Å². The number of nitrogens with one attached hydrogen (secondary N) is 1. The molecular weight excluding hydrogens is 441 g/mol. The molecule has 6 nitrogen and oxygen atoms in total. The van der Waals surface area contributed by atoms with Crippen molar-refractivity contribution in [3.8, 4) is 0 Å². The van der Waals surface area contributed by atoms with Crippen molar-refractivity contribution in [1.29, 1.82) is 0 Å². The first-order chi connectivity index (χ1) is 15.9. The highest BCUT2D eigenvalue weighted by atomic mass is 32.2. The Hall–Kier alpha value is -2.71. The maximum atomic E-state index is 14.2. The molecule has 174 valence electrons. The van der Waals surface area contributed by atoms with Crippen molar-refractivity contribution in [2.24, 2.45) is 5.92 Å². The fourth-order valence-electron chi connectivity index (χ4n) is 3.76. The van der Waals surface area contributed by atoms with Crippen molar-refractivity contribution in [2.45, 2.75) is 50.2 Å². The number of ether oxygens (including phenoxy) is 1. The molecule has 8 heteroatoms. The molecule has 4 rings (SSSR count). The fraction of sp³-hybridized carbons (Fsp3) is 0.400. The minimum atomic E-state index is -0.289. The number of amides is 1. The van der Waals surface area contributed by atoms with E-state index >= 15 is 0 Å². The molecule has 1 aromatic heterocycles. The average Bonchev–Trinajstić information content (AvgIpc) is 3.32. The van der Waals surface area contributed by atoms with Crippen LogP contribution >= 0.6 is 11.8 Å². The molecule has 1 aliphatic rings. The quantitative estimate of drug-likeness (QED) is 0.391. The van der Waals surface area contributed by atoms with Crippen LogP contribution in [0.25, 0.3) is 10.9 Å². The van der Waals surface area contributed by atoms with E-state index in [1.54, 1.807) is 41.0 Å². The lowest BCUT2D eigenvalue weighted by atomic mass is 10.1. The summed E-state index contributed by atoms with van der Waals surface area (Å²) in [6.07, 6.45) is 1.81. The normalized spacial score (nSPS) is 15.9. The van der Waals surface area contributed by atoms with Gasteiger partial charge < -0.3 is 10.1 Å². The Kier molecular flexibility index (Phi) is 7.45. The molecule has 1 amide bonds. The Morgan fingerprint density at radius 2 is 2.12 bits per heavy atom. The fourth-order valence-corrected chi connectivity index (χ4v) is 4.76. The Morgan fingerprint density at radius 3 is 2.85 bits per heavy atom. The molecule has 1 saturated heterocycles. The largest absolute Gasteiger partial charge is 0.376 e. The van der Waals surface area contributed by atoms with E-state index in [-0.39, 0.29) is 23.4 Å². The summed E-state index contributed by atoms with van der Waals surface area (Å²) < 4.78 is 21.5. The third-order valence-corrected chi connectivity index (χ3v) is 6.60. The van der Waals surface area contributed by atoms with E-state index in [0.717, 1.165) is 12.8 Å². The van der Waals surface area contributed by atoms with Crippen LogP contribution < -0.4 is 10.9 Å². The summed E-state index contributed by atoms with van der Waals surface area (Å²) in [6.45, 7) is 5.71. The number of aromatic nitrogens is 2. The lowest BCUT2D eigenvalue weighted by Crippen LogP contribution is -2.29. The number of thioether (sulfide) groups is 1. The molecule has 33 heavy (non-hydrogen) atoms. The molecule has 1 aliphatic heterocycles. The van der Waals surface area contributed by atoms with Crippen LogP contribution in [0, 0.1) is 11.7 Å². The van der Waals surface area contributed by atoms with E-state index in [1.807, 2.05) is 13.8 Å². The number of carbonyl (C=O) groups is 1. The summed E-state index contributed by atoms with van der Waals surface area (Å²) in [4.78, 5) is 30.6. The van der Waals surface area contributed by atoms with E-state index in [2.05, 4.69) is 5.32 Å². The lowest BCUT2D eigenvalue weighted by Gasteiger charge is -2.17. The summed E-state index contributed by atoms with van der Waals surface area (Å²) in [5.74, 6) is 0.184. The van der Waals surface area contributed by atoms with Crippen LogP contribution in [0.1, 0.15) is 42.6 Å². The number of benzene rings is 2. The van der Waals surface area contributed by atoms with Gasteiger partial charge in [-0.1, -0.05) is 43.8 Å². The van der Waals surface area contributed by atoms with Gasteiger partial charge in [0.05, 0.1) is 23.6 Å². The number of carbonyl (C=O) groups excluding carboxylic acids is 1. The van der Waals surface area contributed by atoms with Crippen LogP contribution in [-0.2, 0) is 17.0 Å². The molecule has 1 fully saturated rings. The van der Waals surface area contributed by atoms with Gasteiger partial charge in [0.25, 0.3) is 11.5 Å². The summed E-state index contributed by atoms with van der Waals surface area (Å²) in [5, 5.41) is 3.83. The number of hydrogen-bond donors (Lipinski definition) is 1. The van der Waals surface area contributed by atoms with Crippen LogP contribution in [0.15, 0.2) is 52.4 Å². The van der Waals surface area contributed by atoms with Crippen LogP contribution in [-0.4, -0.2) is 34.7 Å². The number of halogens is 1. The topological polar surface area (TPSA) is 73.2 Å². The van der Waals surface area contributed by atoms with Gasteiger partial charge in [-0.2, -0.15) is 0 Å². The molecule has 0 spiro atoms. The van der Waals surface area contributed by atoms with Crippen molar-refractivity contribution in [3.63, 3.8) is 0 Å². The second-order valence-electron chi connectivity index (χ2n) is 8.66. The number of hydrogen-bond acceptors (Lipinski definition) is 5. The number of fused-ring (bicyclic) bond motifs is 1. The van der Waals surface area contributed by atoms with Gasteiger partial charge in [0.15, 0.2) is 5.16 Å². The van der Waals surface area contributed by atoms with Gasteiger partial charge in [0.2, 0.25) is 0 Å². The summed E-state index contributed by atoms with van der Waals surface area (Å²) in [7, 11) is 0. The molecule has 1 N–H and O–H groups in total. The minimum Gasteiger partial charge on any atom is -0.376 e. The Morgan fingerprint density at radius 1 is 1.30 bits per heavy atom. The zero-order chi connectivity index (χ0) is 23.4. The predicted octanol–water partition coefficient (Wildman–Crippen LogP) is 4.39.